The van der Waals surface area contributed by atoms with Crippen molar-refractivity contribution in [1.29, 1.82) is 0 Å². The van der Waals surface area contributed by atoms with E-state index < -0.39 is 0 Å². The molecule has 2 aromatic heterocycles. The molecule has 0 saturated carbocycles. The highest BCUT2D eigenvalue weighted by atomic mass is 32.1. The Balaban J connectivity index is 1.39. The third-order valence-electron chi connectivity index (χ3n) is 5.73. The molecule has 1 aromatic carbocycles. The smallest absolute Gasteiger partial charge is 0.272 e. The van der Waals surface area contributed by atoms with Gasteiger partial charge in [-0.1, -0.05) is 12.1 Å². The minimum atomic E-state index is -0.0662. The number of rotatable bonds is 3. The van der Waals surface area contributed by atoms with Crippen LogP contribution in [0, 0.1) is 0 Å². The first-order valence-corrected chi connectivity index (χ1v) is 10.2. The summed E-state index contributed by atoms with van der Waals surface area (Å²) < 4.78 is 0. The van der Waals surface area contributed by atoms with E-state index in [1.54, 1.807) is 11.3 Å². The zero-order valence-corrected chi connectivity index (χ0v) is 15.4. The number of benzene rings is 1. The fraction of sp³-hybridized carbons (Fsp3) is 0.400. The van der Waals surface area contributed by atoms with Gasteiger partial charge in [0, 0.05) is 28.9 Å². The molecule has 0 bridgehead atoms. The summed E-state index contributed by atoms with van der Waals surface area (Å²) in [6, 6.07) is 11.3. The number of thiophene rings is 1. The molecular weight excluding hydrogens is 344 g/mol. The van der Waals surface area contributed by atoms with Gasteiger partial charge in [0.05, 0.1) is 5.52 Å². The van der Waals surface area contributed by atoms with Crippen LogP contribution in [-0.4, -0.2) is 46.2 Å². The van der Waals surface area contributed by atoms with Crippen LogP contribution in [0.1, 0.15) is 36.2 Å². The fourth-order valence-corrected chi connectivity index (χ4v) is 4.91. The largest absolute Gasteiger partial charge is 0.347 e. The molecule has 26 heavy (non-hydrogen) atoms. The number of hydrogen-bond acceptors (Lipinski definition) is 4. The molecule has 2 aliphatic heterocycles. The minimum absolute atomic E-state index is 0.0662. The van der Waals surface area contributed by atoms with Crippen molar-refractivity contribution < 1.29 is 4.79 Å². The Bertz CT molecular complexity index is 933. The van der Waals surface area contributed by atoms with Crippen molar-refractivity contribution in [2.75, 3.05) is 13.1 Å². The quantitative estimate of drug-likeness (QED) is 0.744. The molecule has 0 aliphatic carbocycles. The normalized spacial score (nSPS) is 23.2. The maximum Gasteiger partial charge on any atom is 0.272 e. The van der Waals surface area contributed by atoms with Gasteiger partial charge in [0.15, 0.2) is 5.69 Å². The number of carbonyl (C=O) groups excluding carboxylic acids is 1. The van der Waals surface area contributed by atoms with E-state index >= 15 is 0 Å². The molecule has 5 nitrogen and oxygen atoms in total. The Morgan fingerprint density at radius 3 is 3.04 bits per heavy atom. The van der Waals surface area contributed by atoms with Gasteiger partial charge in [0.1, 0.15) is 0 Å². The van der Waals surface area contributed by atoms with Gasteiger partial charge in [-0.2, -0.15) is 5.10 Å². The van der Waals surface area contributed by atoms with Crippen molar-refractivity contribution in [2.24, 2.45) is 0 Å². The van der Waals surface area contributed by atoms with Crippen molar-refractivity contribution >= 4 is 28.1 Å². The molecule has 0 radical (unpaired) electrons. The average Bonchev–Trinajstić information content (AvgIpc) is 3.28. The average molecular weight is 366 g/mol. The van der Waals surface area contributed by atoms with Crippen molar-refractivity contribution in [3.8, 4) is 10.4 Å². The summed E-state index contributed by atoms with van der Waals surface area (Å²) in [6.07, 6.45) is 4.83. The summed E-state index contributed by atoms with van der Waals surface area (Å²) in [4.78, 5) is 16.6. The maximum absolute atomic E-state index is 12.9. The molecule has 134 valence electrons. The highest BCUT2D eigenvalue weighted by molar-refractivity contribution is 7.13. The van der Waals surface area contributed by atoms with E-state index in [0.29, 0.717) is 5.69 Å². The molecule has 5 rings (SSSR count). The lowest BCUT2D eigenvalue weighted by atomic mass is 10.00. The molecule has 3 aromatic rings. The van der Waals surface area contributed by atoms with Gasteiger partial charge in [0.2, 0.25) is 0 Å². The van der Waals surface area contributed by atoms with E-state index in [1.807, 2.05) is 12.1 Å². The molecule has 2 N–H and O–H groups in total. The zero-order valence-electron chi connectivity index (χ0n) is 14.6. The van der Waals surface area contributed by atoms with Crippen LogP contribution in [0.25, 0.3) is 21.3 Å². The van der Waals surface area contributed by atoms with Crippen LogP contribution >= 0.6 is 11.3 Å². The van der Waals surface area contributed by atoms with Crippen LogP contribution in [0.4, 0.5) is 0 Å². The molecule has 2 atom stereocenters. The van der Waals surface area contributed by atoms with Crippen LogP contribution in [-0.2, 0) is 0 Å². The molecule has 1 amide bonds. The highest BCUT2D eigenvalue weighted by Gasteiger charge is 2.33. The van der Waals surface area contributed by atoms with Crippen molar-refractivity contribution in [3.05, 3.63) is 41.4 Å². The predicted octanol–water partition coefficient (Wildman–Crippen LogP) is 3.65. The molecule has 2 fully saturated rings. The van der Waals surface area contributed by atoms with Gasteiger partial charge >= 0.3 is 0 Å². The molecular formula is C20H22N4OS. The van der Waals surface area contributed by atoms with Gasteiger partial charge in [-0.3, -0.25) is 14.8 Å². The van der Waals surface area contributed by atoms with E-state index in [9.17, 15) is 4.79 Å². The summed E-state index contributed by atoms with van der Waals surface area (Å²) in [5, 5.41) is 13.5. The SMILES string of the molecule is O=C(N[C@H]1CCCC2CCN2C1)c1n[nH]c2ccc(-c3cccs3)cc12. The molecule has 2 aliphatic rings. The van der Waals surface area contributed by atoms with E-state index in [2.05, 4.69) is 44.0 Å². The number of fused-ring (bicyclic) bond motifs is 2. The van der Waals surface area contributed by atoms with Crippen LogP contribution in [0.3, 0.4) is 0 Å². The summed E-state index contributed by atoms with van der Waals surface area (Å²) in [6.45, 7) is 2.14. The van der Waals surface area contributed by atoms with Gasteiger partial charge < -0.3 is 5.32 Å². The third-order valence-corrected chi connectivity index (χ3v) is 6.65. The van der Waals surface area contributed by atoms with Crippen molar-refractivity contribution in [2.45, 2.75) is 37.8 Å². The molecule has 1 unspecified atom stereocenters. The van der Waals surface area contributed by atoms with Gasteiger partial charge in [0.25, 0.3) is 5.91 Å². The van der Waals surface area contributed by atoms with E-state index in [0.717, 1.165) is 35.5 Å². The van der Waals surface area contributed by atoms with Gasteiger partial charge in [-0.15, -0.1) is 11.3 Å². The summed E-state index contributed by atoms with van der Waals surface area (Å²) in [5.41, 5.74) is 2.53. The second kappa shape index (κ2) is 6.52. The first kappa shape index (κ1) is 16.0. The predicted molar refractivity (Wildman–Crippen MR) is 104 cm³/mol. The Kier molecular flexibility index (Phi) is 4.02. The maximum atomic E-state index is 12.9. The first-order valence-electron chi connectivity index (χ1n) is 9.35. The van der Waals surface area contributed by atoms with Crippen molar-refractivity contribution in [1.82, 2.24) is 20.4 Å². The highest BCUT2D eigenvalue weighted by Crippen LogP contribution is 2.29. The molecule has 0 spiro atoms. The summed E-state index contributed by atoms with van der Waals surface area (Å²) in [5.74, 6) is -0.0662. The monoisotopic (exact) mass is 366 g/mol. The lowest BCUT2D eigenvalue weighted by Crippen LogP contribution is -2.52. The number of amides is 1. The van der Waals surface area contributed by atoms with E-state index in [4.69, 9.17) is 0 Å². The zero-order chi connectivity index (χ0) is 17.5. The third kappa shape index (κ3) is 2.83. The number of nitrogens with zero attached hydrogens (tertiary/aromatic N) is 2. The minimum Gasteiger partial charge on any atom is -0.347 e. The van der Waals surface area contributed by atoms with Crippen LogP contribution in [0.5, 0.6) is 0 Å². The standard InChI is InChI=1S/C20H22N4OS/c25-20(21-14-3-1-4-15-8-9-24(15)12-14)19-16-11-13(18-5-2-10-26-18)6-7-17(16)22-23-19/h2,5-7,10-11,14-15H,1,3-4,8-9,12H2,(H,21,25)(H,22,23)/t14-,15?/m0/s1. The number of aromatic nitrogens is 2. The topological polar surface area (TPSA) is 61.0 Å². The number of H-pyrrole nitrogens is 1. The molecule has 4 heterocycles. The lowest BCUT2D eigenvalue weighted by molar-refractivity contribution is 0.0787. The first-order chi connectivity index (χ1) is 12.8. The van der Waals surface area contributed by atoms with Crippen molar-refractivity contribution in [3.63, 3.8) is 0 Å². The fourth-order valence-electron chi connectivity index (χ4n) is 4.19. The van der Waals surface area contributed by atoms with Gasteiger partial charge in [-0.25, -0.2) is 0 Å². The van der Waals surface area contributed by atoms with E-state index in [-0.39, 0.29) is 11.9 Å². The Labute approximate surface area is 156 Å². The number of nitrogens with one attached hydrogen (secondary N) is 2. The Morgan fingerprint density at radius 1 is 1.27 bits per heavy atom. The van der Waals surface area contributed by atoms with E-state index in [1.165, 1.54) is 30.7 Å². The summed E-state index contributed by atoms with van der Waals surface area (Å²) in [7, 11) is 0. The molecule has 2 saturated heterocycles. The number of aromatic amines is 1. The van der Waals surface area contributed by atoms with Crippen LogP contribution in [0.15, 0.2) is 35.7 Å². The Morgan fingerprint density at radius 2 is 2.23 bits per heavy atom. The Hall–Kier alpha value is -2.18. The second-order valence-electron chi connectivity index (χ2n) is 7.35. The number of hydrogen-bond donors (Lipinski definition) is 2. The van der Waals surface area contributed by atoms with Crippen LogP contribution < -0.4 is 5.32 Å². The molecule has 6 heteroatoms. The van der Waals surface area contributed by atoms with Gasteiger partial charge in [-0.05, 0) is 61.4 Å². The number of carbonyl (C=O) groups is 1. The second-order valence-corrected chi connectivity index (χ2v) is 8.30. The summed E-state index contributed by atoms with van der Waals surface area (Å²) >= 11 is 1.70. The van der Waals surface area contributed by atoms with Crippen LogP contribution in [0.2, 0.25) is 0 Å². The lowest BCUT2D eigenvalue weighted by Gasteiger charge is -2.40.